The molecule has 1 aliphatic rings. The minimum Gasteiger partial charge on any atom is -0.367 e. The Hall–Kier alpha value is -1.61. The normalized spacial score (nSPS) is 18.9. The van der Waals surface area contributed by atoms with Crippen molar-refractivity contribution >= 4 is 16.6 Å². The fraction of sp³-hybridized carbons (Fsp3) is 0.438. The van der Waals surface area contributed by atoms with Crippen molar-refractivity contribution in [1.82, 2.24) is 10.3 Å². The van der Waals surface area contributed by atoms with Crippen molar-refractivity contribution < 1.29 is 0 Å². The number of anilines is 1. The lowest BCUT2D eigenvalue weighted by Gasteiger charge is -2.31. The molecule has 0 spiro atoms. The zero-order valence-electron chi connectivity index (χ0n) is 11.5. The molecule has 1 atom stereocenters. The van der Waals surface area contributed by atoms with Crippen LogP contribution in [0.4, 0.5) is 5.69 Å². The van der Waals surface area contributed by atoms with Gasteiger partial charge in [-0.1, -0.05) is 25.1 Å². The van der Waals surface area contributed by atoms with Crippen molar-refractivity contribution in [3.8, 4) is 0 Å². The third-order valence-corrected chi connectivity index (χ3v) is 3.88. The molecule has 100 valence electrons. The lowest BCUT2D eigenvalue weighted by atomic mass is 10.1. The molecule has 1 saturated heterocycles. The van der Waals surface area contributed by atoms with E-state index in [0.29, 0.717) is 6.04 Å². The van der Waals surface area contributed by atoms with Crippen molar-refractivity contribution in [2.75, 3.05) is 24.5 Å². The van der Waals surface area contributed by atoms with Gasteiger partial charge >= 0.3 is 0 Å². The SMILES string of the molecule is CCCN(c1ccnc2ccccc12)C1CCNC1. The number of rotatable bonds is 4. The average molecular weight is 255 g/mol. The Balaban J connectivity index is 2.03. The summed E-state index contributed by atoms with van der Waals surface area (Å²) in [4.78, 5) is 7.03. The molecular formula is C16H21N3. The molecule has 3 nitrogen and oxygen atoms in total. The lowest BCUT2D eigenvalue weighted by Crippen LogP contribution is -2.37. The molecule has 2 aromatic rings. The van der Waals surface area contributed by atoms with Crippen molar-refractivity contribution in [3.63, 3.8) is 0 Å². The molecule has 1 unspecified atom stereocenters. The molecule has 2 heterocycles. The third kappa shape index (κ3) is 2.43. The zero-order chi connectivity index (χ0) is 13.1. The Morgan fingerprint density at radius 3 is 3.00 bits per heavy atom. The molecule has 0 radical (unpaired) electrons. The number of para-hydroxylation sites is 1. The Labute approximate surface area is 114 Å². The molecule has 1 aliphatic heterocycles. The lowest BCUT2D eigenvalue weighted by molar-refractivity contribution is 0.627. The van der Waals surface area contributed by atoms with Gasteiger partial charge in [-0.3, -0.25) is 4.98 Å². The number of nitrogens with zero attached hydrogens (tertiary/aromatic N) is 2. The topological polar surface area (TPSA) is 28.2 Å². The Kier molecular flexibility index (Phi) is 3.65. The standard InChI is InChI=1S/C16H21N3/c1-2-11-19(13-7-9-17-12-13)16-8-10-18-15-6-4-3-5-14(15)16/h3-6,8,10,13,17H,2,7,9,11-12H2,1H3. The van der Waals surface area contributed by atoms with Crippen LogP contribution in [0, 0.1) is 0 Å². The van der Waals surface area contributed by atoms with Crippen LogP contribution in [0.1, 0.15) is 19.8 Å². The van der Waals surface area contributed by atoms with E-state index in [-0.39, 0.29) is 0 Å². The van der Waals surface area contributed by atoms with Crippen molar-refractivity contribution in [3.05, 3.63) is 36.5 Å². The molecule has 0 bridgehead atoms. The second kappa shape index (κ2) is 5.57. The van der Waals surface area contributed by atoms with E-state index < -0.39 is 0 Å². The Morgan fingerprint density at radius 1 is 1.32 bits per heavy atom. The van der Waals surface area contributed by atoms with Crippen LogP contribution >= 0.6 is 0 Å². The van der Waals surface area contributed by atoms with Crippen molar-refractivity contribution in [2.24, 2.45) is 0 Å². The molecular weight excluding hydrogens is 234 g/mol. The van der Waals surface area contributed by atoms with E-state index in [4.69, 9.17) is 0 Å². The molecule has 19 heavy (non-hydrogen) atoms. The maximum Gasteiger partial charge on any atom is 0.0722 e. The predicted octanol–water partition coefficient (Wildman–Crippen LogP) is 2.81. The van der Waals surface area contributed by atoms with Crippen LogP contribution in [0.25, 0.3) is 10.9 Å². The van der Waals surface area contributed by atoms with Crippen molar-refractivity contribution in [1.29, 1.82) is 0 Å². The molecule has 3 heteroatoms. The van der Waals surface area contributed by atoms with Gasteiger partial charge in [0.2, 0.25) is 0 Å². The second-order valence-electron chi connectivity index (χ2n) is 5.19. The molecule has 1 aromatic carbocycles. The fourth-order valence-electron chi connectivity index (χ4n) is 2.98. The molecule has 3 rings (SSSR count). The summed E-state index contributed by atoms with van der Waals surface area (Å²) in [5.74, 6) is 0. The van der Waals surface area contributed by atoms with E-state index in [1.54, 1.807) is 0 Å². The van der Waals surface area contributed by atoms with Gasteiger partial charge in [-0.25, -0.2) is 0 Å². The summed E-state index contributed by atoms with van der Waals surface area (Å²) in [6.45, 7) is 5.59. The molecule has 1 N–H and O–H groups in total. The van der Waals surface area contributed by atoms with Gasteiger partial charge in [0.25, 0.3) is 0 Å². The van der Waals surface area contributed by atoms with Crippen molar-refractivity contribution in [2.45, 2.75) is 25.8 Å². The van der Waals surface area contributed by atoms with E-state index in [9.17, 15) is 0 Å². The number of hydrogen-bond donors (Lipinski definition) is 1. The van der Waals surface area contributed by atoms with Gasteiger partial charge in [0.15, 0.2) is 0 Å². The van der Waals surface area contributed by atoms with E-state index in [1.807, 2.05) is 6.20 Å². The summed E-state index contributed by atoms with van der Waals surface area (Å²) in [6.07, 6.45) is 4.34. The summed E-state index contributed by atoms with van der Waals surface area (Å²) in [5.41, 5.74) is 2.42. The Morgan fingerprint density at radius 2 is 2.21 bits per heavy atom. The molecule has 0 amide bonds. The van der Waals surface area contributed by atoms with E-state index >= 15 is 0 Å². The first-order valence-electron chi connectivity index (χ1n) is 7.21. The molecule has 1 fully saturated rings. The first kappa shape index (κ1) is 12.4. The van der Waals surface area contributed by atoms with Gasteiger partial charge < -0.3 is 10.2 Å². The van der Waals surface area contributed by atoms with Gasteiger partial charge in [0, 0.05) is 36.4 Å². The number of hydrogen-bond acceptors (Lipinski definition) is 3. The van der Waals surface area contributed by atoms with E-state index in [2.05, 4.69) is 52.5 Å². The highest BCUT2D eigenvalue weighted by molar-refractivity contribution is 5.91. The summed E-state index contributed by atoms with van der Waals surface area (Å²) < 4.78 is 0. The zero-order valence-corrected chi connectivity index (χ0v) is 11.5. The number of pyridine rings is 1. The van der Waals surface area contributed by atoms with Crippen LogP contribution < -0.4 is 10.2 Å². The van der Waals surface area contributed by atoms with Crippen LogP contribution in [0.5, 0.6) is 0 Å². The summed E-state index contributed by atoms with van der Waals surface area (Å²) in [7, 11) is 0. The number of fused-ring (bicyclic) bond motifs is 1. The minimum atomic E-state index is 0.616. The van der Waals surface area contributed by atoms with Crippen LogP contribution in [0.3, 0.4) is 0 Å². The first-order valence-corrected chi connectivity index (χ1v) is 7.21. The predicted molar refractivity (Wildman–Crippen MR) is 80.7 cm³/mol. The van der Waals surface area contributed by atoms with E-state index in [1.165, 1.54) is 23.9 Å². The monoisotopic (exact) mass is 255 g/mol. The Bertz CT molecular complexity index is 541. The number of benzene rings is 1. The van der Waals surface area contributed by atoms with Gasteiger partial charge in [-0.15, -0.1) is 0 Å². The highest BCUT2D eigenvalue weighted by Gasteiger charge is 2.23. The molecule has 1 aromatic heterocycles. The largest absolute Gasteiger partial charge is 0.367 e. The highest BCUT2D eigenvalue weighted by atomic mass is 15.2. The fourth-order valence-corrected chi connectivity index (χ4v) is 2.98. The molecule has 0 saturated carbocycles. The third-order valence-electron chi connectivity index (χ3n) is 3.88. The smallest absolute Gasteiger partial charge is 0.0722 e. The highest BCUT2D eigenvalue weighted by Crippen LogP contribution is 2.28. The van der Waals surface area contributed by atoms with Crippen LogP contribution in [0.15, 0.2) is 36.5 Å². The molecule has 0 aliphatic carbocycles. The van der Waals surface area contributed by atoms with Crippen LogP contribution in [-0.2, 0) is 0 Å². The van der Waals surface area contributed by atoms with Crippen LogP contribution in [-0.4, -0.2) is 30.7 Å². The summed E-state index contributed by atoms with van der Waals surface area (Å²) in [6, 6.07) is 11.2. The maximum atomic E-state index is 4.47. The number of nitrogens with one attached hydrogen (secondary N) is 1. The second-order valence-corrected chi connectivity index (χ2v) is 5.19. The van der Waals surface area contributed by atoms with Gasteiger partial charge in [0.05, 0.1) is 5.52 Å². The van der Waals surface area contributed by atoms with Gasteiger partial charge in [-0.05, 0) is 31.5 Å². The summed E-state index contributed by atoms with van der Waals surface area (Å²) in [5, 5.41) is 4.74. The van der Waals surface area contributed by atoms with E-state index in [0.717, 1.165) is 25.2 Å². The quantitative estimate of drug-likeness (QED) is 0.910. The summed E-state index contributed by atoms with van der Waals surface area (Å²) >= 11 is 0. The number of aromatic nitrogens is 1. The average Bonchev–Trinajstić information content (AvgIpc) is 2.98. The van der Waals surface area contributed by atoms with Crippen LogP contribution in [0.2, 0.25) is 0 Å². The maximum absolute atomic E-state index is 4.47. The van der Waals surface area contributed by atoms with Gasteiger partial charge in [0.1, 0.15) is 0 Å². The van der Waals surface area contributed by atoms with Gasteiger partial charge in [-0.2, -0.15) is 0 Å². The first-order chi connectivity index (χ1) is 9.40. The minimum absolute atomic E-state index is 0.616.